The van der Waals surface area contributed by atoms with Crippen LogP contribution in [0.5, 0.6) is 0 Å². The second-order valence-electron chi connectivity index (χ2n) is 4.73. The molecule has 1 unspecified atom stereocenters. The third-order valence-corrected chi connectivity index (χ3v) is 3.87. The number of amides is 1. The molecule has 1 rings (SSSR count). The number of aromatic nitrogens is 2. The minimum atomic E-state index is -0.120. The Hall–Kier alpha value is -1.01. The topological polar surface area (TPSA) is 49.3 Å². The lowest BCUT2D eigenvalue weighted by molar-refractivity contribution is -0.135. The standard InChI is InChI=1S/C14H23BrN4O/c1-5-19(6-2)14(20)11(3)18(4)8-7-13-16-9-12(15)10-17-13/h9-11H,5-8H2,1-4H3. The SMILES string of the molecule is CCN(CC)C(=O)C(C)N(C)CCc1ncc(Br)cn1. The van der Waals surface area contributed by atoms with E-state index in [0.29, 0.717) is 0 Å². The van der Waals surface area contributed by atoms with Gasteiger partial charge in [-0.05, 0) is 43.7 Å². The molecule has 0 aliphatic heterocycles. The Balaban J connectivity index is 2.51. The minimum absolute atomic E-state index is 0.120. The molecule has 0 saturated heterocycles. The van der Waals surface area contributed by atoms with E-state index in [2.05, 4.69) is 25.9 Å². The summed E-state index contributed by atoms with van der Waals surface area (Å²) in [5, 5.41) is 0. The molecule has 1 atom stereocenters. The first-order valence-electron chi connectivity index (χ1n) is 6.95. The van der Waals surface area contributed by atoms with E-state index < -0.39 is 0 Å². The Morgan fingerprint density at radius 1 is 1.30 bits per heavy atom. The highest BCUT2D eigenvalue weighted by atomic mass is 79.9. The average molecular weight is 343 g/mol. The van der Waals surface area contributed by atoms with E-state index >= 15 is 0 Å². The molecule has 0 spiro atoms. The van der Waals surface area contributed by atoms with Gasteiger partial charge in [-0.25, -0.2) is 9.97 Å². The summed E-state index contributed by atoms with van der Waals surface area (Å²) in [5.74, 6) is 0.969. The van der Waals surface area contributed by atoms with E-state index in [1.165, 1.54) is 0 Å². The van der Waals surface area contributed by atoms with Gasteiger partial charge in [0.15, 0.2) is 0 Å². The summed E-state index contributed by atoms with van der Waals surface area (Å²) >= 11 is 3.31. The van der Waals surface area contributed by atoms with E-state index in [1.54, 1.807) is 12.4 Å². The summed E-state index contributed by atoms with van der Waals surface area (Å²) in [6.07, 6.45) is 4.22. The van der Waals surface area contributed by atoms with Gasteiger partial charge in [0.25, 0.3) is 0 Å². The monoisotopic (exact) mass is 342 g/mol. The quantitative estimate of drug-likeness (QED) is 0.760. The van der Waals surface area contributed by atoms with Crippen molar-refractivity contribution < 1.29 is 4.79 Å². The smallest absolute Gasteiger partial charge is 0.239 e. The Kier molecular flexibility index (Phi) is 7.09. The van der Waals surface area contributed by atoms with Gasteiger partial charge in [-0.3, -0.25) is 9.69 Å². The maximum atomic E-state index is 12.2. The molecule has 0 aliphatic carbocycles. The normalized spacial score (nSPS) is 12.5. The van der Waals surface area contributed by atoms with Crippen molar-refractivity contribution in [2.75, 3.05) is 26.7 Å². The molecule has 0 aromatic carbocycles. The molecule has 0 aliphatic rings. The molecule has 20 heavy (non-hydrogen) atoms. The second-order valence-corrected chi connectivity index (χ2v) is 5.65. The first kappa shape index (κ1) is 17.0. The number of rotatable bonds is 7. The molecule has 0 N–H and O–H groups in total. The lowest BCUT2D eigenvalue weighted by Gasteiger charge is -2.29. The van der Waals surface area contributed by atoms with Gasteiger partial charge in [0.05, 0.1) is 10.5 Å². The summed E-state index contributed by atoms with van der Waals surface area (Å²) in [5.41, 5.74) is 0. The zero-order valence-electron chi connectivity index (χ0n) is 12.6. The molecule has 0 radical (unpaired) electrons. The molecule has 0 fully saturated rings. The van der Waals surface area contributed by atoms with Crippen LogP contribution in [0.2, 0.25) is 0 Å². The summed E-state index contributed by atoms with van der Waals surface area (Å²) in [6, 6.07) is -0.120. The molecule has 0 saturated carbocycles. The van der Waals surface area contributed by atoms with Crippen molar-refractivity contribution >= 4 is 21.8 Å². The van der Waals surface area contributed by atoms with Crippen molar-refractivity contribution in [2.24, 2.45) is 0 Å². The van der Waals surface area contributed by atoms with E-state index in [-0.39, 0.29) is 11.9 Å². The number of likely N-dealkylation sites (N-methyl/N-ethyl adjacent to an activating group) is 2. The molecule has 6 heteroatoms. The predicted octanol–water partition coefficient (Wildman–Crippen LogP) is 1.97. The van der Waals surface area contributed by atoms with Crippen LogP contribution in [0.1, 0.15) is 26.6 Å². The number of carbonyl (C=O) groups is 1. The summed E-state index contributed by atoms with van der Waals surface area (Å²) in [6.45, 7) is 8.22. The van der Waals surface area contributed by atoms with Crippen LogP contribution in [-0.4, -0.2) is 58.4 Å². The number of nitrogens with zero attached hydrogens (tertiary/aromatic N) is 4. The highest BCUT2D eigenvalue weighted by molar-refractivity contribution is 9.10. The molecule has 112 valence electrons. The highest BCUT2D eigenvalue weighted by Gasteiger charge is 2.21. The third kappa shape index (κ3) is 4.83. The van der Waals surface area contributed by atoms with Crippen molar-refractivity contribution in [3.05, 3.63) is 22.7 Å². The van der Waals surface area contributed by atoms with Gasteiger partial charge in [0.1, 0.15) is 5.82 Å². The minimum Gasteiger partial charge on any atom is -0.342 e. The molecular formula is C14H23BrN4O. The summed E-state index contributed by atoms with van der Waals surface area (Å²) < 4.78 is 0.875. The van der Waals surface area contributed by atoms with Crippen molar-refractivity contribution in [3.8, 4) is 0 Å². The Bertz CT molecular complexity index is 420. The fourth-order valence-electron chi connectivity index (χ4n) is 1.93. The molecule has 0 bridgehead atoms. The third-order valence-electron chi connectivity index (χ3n) is 3.46. The molecule has 5 nitrogen and oxygen atoms in total. The van der Waals surface area contributed by atoms with Gasteiger partial charge in [0.2, 0.25) is 5.91 Å². The van der Waals surface area contributed by atoms with Crippen LogP contribution in [0.3, 0.4) is 0 Å². The fraction of sp³-hybridized carbons (Fsp3) is 0.643. The van der Waals surface area contributed by atoms with Gasteiger partial charge in [-0.15, -0.1) is 0 Å². The van der Waals surface area contributed by atoms with Crippen LogP contribution in [0.25, 0.3) is 0 Å². The molecule has 1 aromatic heterocycles. The van der Waals surface area contributed by atoms with E-state index in [1.807, 2.05) is 37.6 Å². The van der Waals surface area contributed by atoms with Crippen molar-refractivity contribution in [1.82, 2.24) is 19.8 Å². The molecule has 1 amide bonds. The van der Waals surface area contributed by atoms with E-state index in [9.17, 15) is 4.79 Å². The van der Waals surface area contributed by atoms with Crippen molar-refractivity contribution in [2.45, 2.75) is 33.2 Å². The first-order chi connectivity index (χ1) is 9.49. The zero-order valence-corrected chi connectivity index (χ0v) is 14.2. The van der Waals surface area contributed by atoms with Crippen LogP contribution < -0.4 is 0 Å². The zero-order chi connectivity index (χ0) is 15.1. The highest BCUT2D eigenvalue weighted by Crippen LogP contribution is 2.06. The number of halogens is 1. The average Bonchev–Trinajstić information content (AvgIpc) is 2.46. The number of hydrogen-bond donors (Lipinski definition) is 0. The van der Waals surface area contributed by atoms with Gasteiger partial charge in [0, 0.05) is 38.4 Å². The van der Waals surface area contributed by atoms with Crippen LogP contribution in [0.15, 0.2) is 16.9 Å². The molecule has 1 aromatic rings. The van der Waals surface area contributed by atoms with Crippen LogP contribution in [0.4, 0.5) is 0 Å². The molecular weight excluding hydrogens is 320 g/mol. The summed E-state index contributed by atoms with van der Waals surface area (Å²) in [7, 11) is 1.96. The van der Waals surface area contributed by atoms with Gasteiger partial charge < -0.3 is 4.90 Å². The van der Waals surface area contributed by atoms with Gasteiger partial charge in [-0.2, -0.15) is 0 Å². The predicted molar refractivity (Wildman–Crippen MR) is 83.5 cm³/mol. The first-order valence-corrected chi connectivity index (χ1v) is 7.74. The van der Waals surface area contributed by atoms with Crippen LogP contribution in [0, 0.1) is 0 Å². The Morgan fingerprint density at radius 3 is 2.35 bits per heavy atom. The van der Waals surface area contributed by atoms with E-state index in [4.69, 9.17) is 0 Å². The number of hydrogen-bond acceptors (Lipinski definition) is 4. The Labute approximate surface area is 129 Å². The van der Waals surface area contributed by atoms with Crippen molar-refractivity contribution in [3.63, 3.8) is 0 Å². The maximum Gasteiger partial charge on any atom is 0.239 e. The van der Waals surface area contributed by atoms with Gasteiger partial charge >= 0.3 is 0 Å². The van der Waals surface area contributed by atoms with Crippen molar-refractivity contribution in [1.29, 1.82) is 0 Å². The summed E-state index contributed by atoms with van der Waals surface area (Å²) in [4.78, 5) is 24.6. The van der Waals surface area contributed by atoms with Crippen LogP contribution in [-0.2, 0) is 11.2 Å². The fourth-order valence-corrected chi connectivity index (χ4v) is 2.13. The van der Waals surface area contributed by atoms with Crippen LogP contribution >= 0.6 is 15.9 Å². The van der Waals surface area contributed by atoms with Gasteiger partial charge in [-0.1, -0.05) is 0 Å². The second kappa shape index (κ2) is 8.32. The molecule has 1 heterocycles. The lowest BCUT2D eigenvalue weighted by Crippen LogP contribution is -2.46. The van der Waals surface area contributed by atoms with E-state index in [0.717, 1.165) is 36.4 Å². The maximum absolute atomic E-state index is 12.2. The lowest BCUT2D eigenvalue weighted by atomic mass is 10.2. The largest absolute Gasteiger partial charge is 0.342 e. The number of carbonyl (C=O) groups excluding carboxylic acids is 1. The Morgan fingerprint density at radius 2 is 1.85 bits per heavy atom.